The van der Waals surface area contributed by atoms with Crippen molar-refractivity contribution in [1.29, 1.82) is 0 Å². The standard InChI is InChI=1S/C16H16F3N3O2/c17-16(18,19)13-3-1-2-11(8-13)15(23)20-5-6-22-14-4-7-24-10-12(14)9-21-22/h1-3,8-9H,4-7,10H2,(H,20,23). The van der Waals surface area contributed by atoms with Crippen molar-refractivity contribution in [3.05, 3.63) is 52.8 Å². The van der Waals surface area contributed by atoms with E-state index in [0.717, 1.165) is 29.8 Å². The van der Waals surface area contributed by atoms with Crippen molar-refractivity contribution in [1.82, 2.24) is 15.1 Å². The van der Waals surface area contributed by atoms with Crippen LogP contribution in [0.4, 0.5) is 13.2 Å². The Labute approximate surface area is 136 Å². The van der Waals surface area contributed by atoms with Crippen LogP contribution in [0, 0.1) is 0 Å². The highest BCUT2D eigenvalue weighted by Gasteiger charge is 2.30. The highest BCUT2D eigenvalue weighted by atomic mass is 19.4. The summed E-state index contributed by atoms with van der Waals surface area (Å²) in [4.78, 5) is 12.0. The number of hydrogen-bond donors (Lipinski definition) is 1. The van der Waals surface area contributed by atoms with Crippen LogP contribution in [0.15, 0.2) is 30.5 Å². The molecular formula is C16H16F3N3O2. The van der Waals surface area contributed by atoms with Crippen molar-refractivity contribution in [2.24, 2.45) is 0 Å². The first-order chi connectivity index (χ1) is 11.4. The van der Waals surface area contributed by atoms with Crippen LogP contribution >= 0.6 is 0 Å². The number of carbonyl (C=O) groups is 1. The normalized spacial score (nSPS) is 14.3. The second-order valence-corrected chi connectivity index (χ2v) is 5.48. The van der Waals surface area contributed by atoms with Crippen molar-refractivity contribution in [2.45, 2.75) is 25.7 Å². The fraction of sp³-hybridized carbons (Fsp3) is 0.375. The smallest absolute Gasteiger partial charge is 0.376 e. The Bertz CT molecular complexity index is 740. The summed E-state index contributed by atoms with van der Waals surface area (Å²) in [7, 11) is 0. The third-order valence-corrected chi connectivity index (χ3v) is 3.84. The monoisotopic (exact) mass is 339 g/mol. The number of alkyl halides is 3. The lowest BCUT2D eigenvalue weighted by Gasteiger charge is -2.15. The molecule has 8 heteroatoms. The van der Waals surface area contributed by atoms with Gasteiger partial charge in [-0.25, -0.2) is 0 Å². The first kappa shape index (κ1) is 16.5. The largest absolute Gasteiger partial charge is 0.416 e. The average Bonchev–Trinajstić information content (AvgIpc) is 2.97. The topological polar surface area (TPSA) is 56.2 Å². The maximum absolute atomic E-state index is 12.7. The van der Waals surface area contributed by atoms with Crippen molar-refractivity contribution < 1.29 is 22.7 Å². The van der Waals surface area contributed by atoms with Gasteiger partial charge in [0.1, 0.15) is 0 Å². The molecule has 0 saturated carbocycles. The predicted octanol–water partition coefficient (Wildman–Crippen LogP) is 2.40. The summed E-state index contributed by atoms with van der Waals surface area (Å²) in [5.74, 6) is -0.537. The van der Waals surface area contributed by atoms with Gasteiger partial charge in [-0.2, -0.15) is 18.3 Å². The maximum atomic E-state index is 12.7. The van der Waals surface area contributed by atoms with E-state index >= 15 is 0 Å². The number of carbonyl (C=O) groups excluding carboxylic acids is 1. The van der Waals surface area contributed by atoms with Gasteiger partial charge in [-0.05, 0) is 18.2 Å². The first-order valence-electron chi connectivity index (χ1n) is 7.52. The Morgan fingerprint density at radius 3 is 3.00 bits per heavy atom. The second-order valence-electron chi connectivity index (χ2n) is 5.48. The van der Waals surface area contributed by atoms with E-state index in [2.05, 4.69) is 10.4 Å². The van der Waals surface area contributed by atoms with Gasteiger partial charge in [-0.15, -0.1) is 0 Å². The van der Waals surface area contributed by atoms with Crippen LogP contribution in [0.25, 0.3) is 0 Å². The Hall–Kier alpha value is -2.35. The molecule has 2 heterocycles. The fourth-order valence-corrected chi connectivity index (χ4v) is 2.62. The number of nitrogens with one attached hydrogen (secondary N) is 1. The SMILES string of the molecule is O=C(NCCn1ncc2c1CCOC2)c1cccc(C(F)(F)F)c1. The van der Waals surface area contributed by atoms with Crippen LogP contribution in [0.5, 0.6) is 0 Å². The number of nitrogens with zero attached hydrogens (tertiary/aromatic N) is 2. The number of benzene rings is 1. The molecule has 0 atom stereocenters. The summed E-state index contributed by atoms with van der Waals surface area (Å²) < 4.78 is 45.2. The van der Waals surface area contributed by atoms with E-state index in [1.165, 1.54) is 12.1 Å². The van der Waals surface area contributed by atoms with Gasteiger partial charge in [-0.1, -0.05) is 6.07 Å². The molecular weight excluding hydrogens is 323 g/mol. The molecule has 1 aliphatic heterocycles. The molecule has 0 bridgehead atoms. The molecule has 0 radical (unpaired) electrons. The number of ether oxygens (including phenoxy) is 1. The van der Waals surface area contributed by atoms with E-state index in [0.29, 0.717) is 19.8 Å². The van der Waals surface area contributed by atoms with E-state index in [1.807, 2.05) is 0 Å². The minimum atomic E-state index is -4.47. The fourth-order valence-electron chi connectivity index (χ4n) is 2.62. The summed E-state index contributed by atoms with van der Waals surface area (Å²) in [6.07, 6.45) is -1.97. The number of halogens is 3. The molecule has 5 nitrogen and oxygen atoms in total. The van der Waals surface area contributed by atoms with Crippen molar-refractivity contribution >= 4 is 5.91 Å². The number of amides is 1. The Kier molecular flexibility index (Phi) is 4.57. The molecule has 2 aromatic rings. The summed E-state index contributed by atoms with van der Waals surface area (Å²) in [6, 6.07) is 4.37. The number of hydrogen-bond acceptors (Lipinski definition) is 3. The van der Waals surface area contributed by atoms with Gasteiger partial charge in [0.25, 0.3) is 5.91 Å². The molecule has 1 aromatic heterocycles. The summed E-state index contributed by atoms with van der Waals surface area (Å²) >= 11 is 0. The van der Waals surface area contributed by atoms with Gasteiger partial charge in [-0.3, -0.25) is 9.48 Å². The Balaban J connectivity index is 1.59. The summed E-state index contributed by atoms with van der Waals surface area (Å²) in [6.45, 7) is 1.91. The quantitative estimate of drug-likeness (QED) is 0.931. The lowest BCUT2D eigenvalue weighted by Crippen LogP contribution is -2.28. The van der Waals surface area contributed by atoms with Gasteiger partial charge in [0.2, 0.25) is 0 Å². The Morgan fingerprint density at radius 2 is 2.21 bits per heavy atom. The summed E-state index contributed by atoms with van der Waals surface area (Å²) in [5.41, 5.74) is 1.26. The van der Waals surface area contributed by atoms with Crippen molar-refractivity contribution in [3.63, 3.8) is 0 Å². The zero-order valence-electron chi connectivity index (χ0n) is 12.8. The molecule has 1 aliphatic rings. The van der Waals surface area contributed by atoms with Crippen LogP contribution in [0.3, 0.4) is 0 Å². The highest BCUT2D eigenvalue weighted by molar-refractivity contribution is 5.94. The minimum absolute atomic E-state index is 0.0132. The van der Waals surface area contributed by atoms with Gasteiger partial charge in [0.05, 0.1) is 31.5 Å². The lowest BCUT2D eigenvalue weighted by atomic mass is 10.1. The molecule has 0 saturated heterocycles. The predicted molar refractivity (Wildman–Crippen MR) is 79.4 cm³/mol. The van der Waals surface area contributed by atoms with E-state index in [9.17, 15) is 18.0 Å². The second kappa shape index (κ2) is 6.64. The molecule has 1 amide bonds. The molecule has 0 spiro atoms. The van der Waals surface area contributed by atoms with Crippen molar-refractivity contribution in [2.75, 3.05) is 13.2 Å². The van der Waals surface area contributed by atoms with Gasteiger partial charge < -0.3 is 10.1 Å². The van der Waals surface area contributed by atoms with Crippen molar-refractivity contribution in [3.8, 4) is 0 Å². The molecule has 3 rings (SSSR count). The molecule has 1 aromatic carbocycles. The molecule has 0 fully saturated rings. The van der Waals surface area contributed by atoms with E-state index < -0.39 is 17.6 Å². The maximum Gasteiger partial charge on any atom is 0.416 e. The first-order valence-corrected chi connectivity index (χ1v) is 7.52. The molecule has 1 N–H and O–H groups in total. The third kappa shape index (κ3) is 3.59. The zero-order chi connectivity index (χ0) is 17.2. The van der Waals surface area contributed by atoms with Crippen LogP contribution < -0.4 is 5.32 Å². The molecule has 0 unspecified atom stereocenters. The molecule has 24 heavy (non-hydrogen) atoms. The van der Waals surface area contributed by atoms with Gasteiger partial charge in [0.15, 0.2) is 0 Å². The van der Waals surface area contributed by atoms with Crippen LogP contribution in [0.1, 0.15) is 27.2 Å². The molecule has 0 aliphatic carbocycles. The van der Waals surface area contributed by atoms with Crippen LogP contribution in [-0.4, -0.2) is 28.8 Å². The van der Waals surface area contributed by atoms with Crippen LogP contribution in [-0.2, 0) is 30.5 Å². The molecule has 128 valence electrons. The Morgan fingerprint density at radius 1 is 1.38 bits per heavy atom. The van der Waals surface area contributed by atoms with E-state index in [4.69, 9.17) is 4.74 Å². The lowest BCUT2D eigenvalue weighted by molar-refractivity contribution is -0.137. The average molecular weight is 339 g/mol. The van der Waals surface area contributed by atoms with Gasteiger partial charge in [0, 0.05) is 29.8 Å². The van der Waals surface area contributed by atoms with Crippen LogP contribution in [0.2, 0.25) is 0 Å². The minimum Gasteiger partial charge on any atom is -0.376 e. The highest BCUT2D eigenvalue weighted by Crippen LogP contribution is 2.29. The number of rotatable bonds is 4. The number of aromatic nitrogens is 2. The van der Waals surface area contributed by atoms with E-state index in [-0.39, 0.29) is 12.1 Å². The number of fused-ring (bicyclic) bond motifs is 1. The van der Waals surface area contributed by atoms with E-state index in [1.54, 1.807) is 10.9 Å². The summed E-state index contributed by atoms with van der Waals surface area (Å²) in [5, 5.41) is 6.87. The van der Waals surface area contributed by atoms with Gasteiger partial charge >= 0.3 is 6.18 Å². The third-order valence-electron chi connectivity index (χ3n) is 3.84. The zero-order valence-corrected chi connectivity index (χ0v) is 12.8.